The summed E-state index contributed by atoms with van der Waals surface area (Å²) >= 11 is 0. The minimum absolute atomic E-state index is 0.0132. The van der Waals surface area contributed by atoms with E-state index < -0.39 is 12.0 Å². The maximum absolute atomic E-state index is 12.7. The highest BCUT2D eigenvalue weighted by atomic mass is 16.4. The second-order valence-corrected chi connectivity index (χ2v) is 5.86. The number of pyridine rings is 1. The zero-order valence-electron chi connectivity index (χ0n) is 11.6. The van der Waals surface area contributed by atoms with E-state index in [9.17, 15) is 19.5 Å². The molecular weight excluding hydrogens is 272 g/mol. The van der Waals surface area contributed by atoms with Crippen LogP contribution in [0.1, 0.15) is 42.5 Å². The number of carboxylic acid groups (broad SMARTS) is 1. The third-order valence-electron chi connectivity index (χ3n) is 4.64. The molecule has 1 amide bonds. The molecule has 0 unspecified atom stereocenters. The summed E-state index contributed by atoms with van der Waals surface area (Å²) in [5, 5.41) is 9.42. The fourth-order valence-corrected chi connectivity index (χ4v) is 3.67. The summed E-state index contributed by atoms with van der Waals surface area (Å²) in [5.74, 6) is -0.957. The zero-order chi connectivity index (χ0) is 15.0. The molecular formula is C15H18N2O4. The van der Waals surface area contributed by atoms with Crippen molar-refractivity contribution in [3.8, 4) is 0 Å². The molecule has 6 heteroatoms. The molecule has 3 atom stereocenters. The Labute approximate surface area is 121 Å². The van der Waals surface area contributed by atoms with Crippen LogP contribution in [0.5, 0.6) is 0 Å². The van der Waals surface area contributed by atoms with Gasteiger partial charge in [-0.1, -0.05) is 12.8 Å². The number of likely N-dealkylation sites (tertiary alicyclic amines) is 1. The Kier molecular flexibility index (Phi) is 3.53. The highest BCUT2D eigenvalue weighted by molar-refractivity contribution is 5.97. The van der Waals surface area contributed by atoms with Gasteiger partial charge < -0.3 is 15.0 Å². The number of amides is 1. The van der Waals surface area contributed by atoms with E-state index in [0.29, 0.717) is 12.0 Å². The molecule has 6 nitrogen and oxygen atoms in total. The summed E-state index contributed by atoms with van der Waals surface area (Å²) in [6.45, 7) is 0. The number of aromatic amines is 1. The van der Waals surface area contributed by atoms with Crippen molar-refractivity contribution < 1.29 is 14.7 Å². The summed E-state index contributed by atoms with van der Waals surface area (Å²) in [6.07, 6.45) is 5.89. The van der Waals surface area contributed by atoms with Gasteiger partial charge in [0, 0.05) is 18.3 Å². The van der Waals surface area contributed by atoms with Gasteiger partial charge in [-0.15, -0.1) is 0 Å². The van der Waals surface area contributed by atoms with Gasteiger partial charge in [0.25, 0.3) is 5.91 Å². The van der Waals surface area contributed by atoms with Gasteiger partial charge in [0.2, 0.25) is 5.56 Å². The van der Waals surface area contributed by atoms with Crippen LogP contribution in [0.25, 0.3) is 0 Å². The normalized spacial score (nSPS) is 28.2. The molecule has 2 fully saturated rings. The Bertz CT molecular complexity index is 604. The van der Waals surface area contributed by atoms with E-state index in [1.54, 1.807) is 0 Å². The van der Waals surface area contributed by atoms with Crippen LogP contribution < -0.4 is 5.56 Å². The van der Waals surface area contributed by atoms with Crippen LogP contribution in [-0.2, 0) is 4.79 Å². The van der Waals surface area contributed by atoms with Gasteiger partial charge in [0.1, 0.15) is 6.04 Å². The first-order valence-corrected chi connectivity index (χ1v) is 7.32. The average molecular weight is 290 g/mol. The Morgan fingerprint density at radius 3 is 2.67 bits per heavy atom. The predicted octanol–water partition coefficient (Wildman–Crippen LogP) is 1.23. The lowest BCUT2D eigenvalue weighted by atomic mass is 9.84. The maximum Gasteiger partial charge on any atom is 0.326 e. The van der Waals surface area contributed by atoms with Gasteiger partial charge in [-0.05, 0) is 31.2 Å². The fourth-order valence-electron chi connectivity index (χ4n) is 3.67. The molecule has 1 saturated heterocycles. The van der Waals surface area contributed by atoms with Crippen molar-refractivity contribution in [1.82, 2.24) is 9.88 Å². The first kappa shape index (κ1) is 13.9. The molecule has 2 aliphatic rings. The van der Waals surface area contributed by atoms with Crippen LogP contribution in [0.15, 0.2) is 23.1 Å². The second kappa shape index (κ2) is 5.35. The van der Waals surface area contributed by atoms with Gasteiger partial charge in [0.05, 0.1) is 5.56 Å². The molecule has 1 saturated carbocycles. The number of carboxylic acids is 1. The number of rotatable bonds is 2. The number of aliphatic carboxylic acids is 1. The van der Waals surface area contributed by atoms with Crippen molar-refractivity contribution in [2.45, 2.75) is 44.2 Å². The predicted molar refractivity (Wildman–Crippen MR) is 75.0 cm³/mol. The molecule has 21 heavy (non-hydrogen) atoms. The monoisotopic (exact) mass is 290 g/mol. The smallest absolute Gasteiger partial charge is 0.326 e. The Morgan fingerprint density at radius 1 is 1.24 bits per heavy atom. The van der Waals surface area contributed by atoms with E-state index in [2.05, 4.69) is 4.98 Å². The number of hydrogen-bond acceptors (Lipinski definition) is 3. The van der Waals surface area contributed by atoms with E-state index in [4.69, 9.17) is 0 Å². The largest absolute Gasteiger partial charge is 0.480 e. The number of nitrogens with zero attached hydrogens (tertiary/aromatic N) is 1. The van der Waals surface area contributed by atoms with Crippen molar-refractivity contribution in [1.29, 1.82) is 0 Å². The van der Waals surface area contributed by atoms with Gasteiger partial charge in [-0.2, -0.15) is 0 Å². The Balaban J connectivity index is 1.92. The molecule has 112 valence electrons. The van der Waals surface area contributed by atoms with E-state index in [-0.39, 0.29) is 23.4 Å². The molecule has 0 aromatic carbocycles. The molecule has 2 N–H and O–H groups in total. The molecule has 1 aromatic rings. The Morgan fingerprint density at radius 2 is 2.00 bits per heavy atom. The Hall–Kier alpha value is -2.11. The average Bonchev–Trinajstić information content (AvgIpc) is 2.87. The minimum atomic E-state index is -0.942. The summed E-state index contributed by atoms with van der Waals surface area (Å²) in [6, 6.07) is 2.00. The fraction of sp³-hybridized carbons (Fsp3) is 0.533. The van der Waals surface area contributed by atoms with Gasteiger partial charge in [-0.3, -0.25) is 9.59 Å². The lowest BCUT2D eigenvalue weighted by Gasteiger charge is -2.33. The van der Waals surface area contributed by atoms with Crippen LogP contribution in [0.4, 0.5) is 0 Å². The maximum atomic E-state index is 12.7. The molecule has 0 spiro atoms. The lowest BCUT2D eigenvalue weighted by Crippen LogP contribution is -2.46. The lowest BCUT2D eigenvalue weighted by molar-refractivity contribution is -0.141. The summed E-state index contributed by atoms with van der Waals surface area (Å²) < 4.78 is 0. The molecule has 3 rings (SSSR count). The number of carbonyl (C=O) groups is 2. The zero-order valence-corrected chi connectivity index (χ0v) is 11.6. The van der Waals surface area contributed by atoms with E-state index in [0.717, 1.165) is 25.7 Å². The number of carbonyl (C=O) groups excluding carboxylic acids is 1. The highest BCUT2D eigenvalue weighted by Gasteiger charge is 2.47. The standard InChI is InChI=1S/C15H18N2O4/c18-13-6-5-10(8-16-13)14(19)17-11-4-2-1-3-9(11)7-12(17)15(20)21/h5-6,8-9,11-12H,1-4,7H2,(H,16,18)(H,20,21)/t9-,11+,12+/m1/s1. The van der Waals surface area contributed by atoms with Crippen LogP contribution in [0, 0.1) is 5.92 Å². The number of aromatic nitrogens is 1. The van der Waals surface area contributed by atoms with Crippen LogP contribution in [-0.4, -0.2) is 39.0 Å². The number of hydrogen-bond donors (Lipinski definition) is 2. The van der Waals surface area contributed by atoms with Crippen LogP contribution in [0.2, 0.25) is 0 Å². The van der Waals surface area contributed by atoms with Crippen LogP contribution >= 0.6 is 0 Å². The molecule has 0 bridgehead atoms. The minimum Gasteiger partial charge on any atom is -0.480 e. The third-order valence-corrected chi connectivity index (χ3v) is 4.64. The van der Waals surface area contributed by atoms with Crippen molar-refractivity contribution in [3.63, 3.8) is 0 Å². The van der Waals surface area contributed by atoms with E-state index in [1.165, 1.54) is 23.2 Å². The molecule has 1 aromatic heterocycles. The molecule has 0 radical (unpaired) electrons. The molecule has 1 aliphatic carbocycles. The van der Waals surface area contributed by atoms with E-state index in [1.807, 2.05) is 0 Å². The topological polar surface area (TPSA) is 90.5 Å². The van der Waals surface area contributed by atoms with Crippen molar-refractivity contribution >= 4 is 11.9 Å². The third kappa shape index (κ3) is 2.46. The second-order valence-electron chi connectivity index (χ2n) is 5.86. The highest BCUT2D eigenvalue weighted by Crippen LogP contribution is 2.40. The SMILES string of the molecule is O=C(O)[C@@H]1C[C@H]2CCCC[C@@H]2N1C(=O)c1ccc(=O)[nH]c1. The first-order chi connectivity index (χ1) is 10.1. The number of H-pyrrole nitrogens is 1. The van der Waals surface area contributed by atoms with Crippen molar-refractivity contribution in [2.75, 3.05) is 0 Å². The van der Waals surface area contributed by atoms with Crippen molar-refractivity contribution in [3.05, 3.63) is 34.2 Å². The summed E-state index contributed by atoms with van der Waals surface area (Å²) in [7, 11) is 0. The molecule has 2 heterocycles. The summed E-state index contributed by atoms with van der Waals surface area (Å²) in [5.41, 5.74) is 0.0605. The number of fused-ring (bicyclic) bond motifs is 1. The van der Waals surface area contributed by atoms with Gasteiger partial charge in [-0.25, -0.2) is 4.79 Å². The number of nitrogens with one attached hydrogen (secondary N) is 1. The summed E-state index contributed by atoms with van der Waals surface area (Å²) in [4.78, 5) is 39.3. The van der Waals surface area contributed by atoms with Crippen molar-refractivity contribution in [2.24, 2.45) is 5.92 Å². The molecule has 1 aliphatic heterocycles. The van der Waals surface area contributed by atoms with Gasteiger partial charge >= 0.3 is 5.97 Å². The quantitative estimate of drug-likeness (QED) is 0.857. The first-order valence-electron chi connectivity index (χ1n) is 7.32. The van der Waals surface area contributed by atoms with Crippen LogP contribution in [0.3, 0.4) is 0 Å². The van der Waals surface area contributed by atoms with E-state index >= 15 is 0 Å². The van der Waals surface area contributed by atoms with Gasteiger partial charge in [0.15, 0.2) is 0 Å².